The number of carbonyl (C=O) groups excluding carboxylic acids is 1. The predicted molar refractivity (Wildman–Crippen MR) is 91.1 cm³/mol. The van der Waals surface area contributed by atoms with Gasteiger partial charge >= 0.3 is 0 Å². The molecular formula is C18H26N3O3+. The van der Waals surface area contributed by atoms with E-state index in [1.165, 1.54) is 37.8 Å². The van der Waals surface area contributed by atoms with E-state index in [1.54, 1.807) is 17.0 Å². The lowest BCUT2D eigenvalue weighted by molar-refractivity contribution is -0.930. The lowest BCUT2D eigenvalue weighted by atomic mass is 9.86. The zero-order valence-corrected chi connectivity index (χ0v) is 14.2. The van der Waals surface area contributed by atoms with Crippen molar-refractivity contribution in [2.24, 2.45) is 5.92 Å². The molecule has 130 valence electrons. The molecular weight excluding hydrogens is 306 g/mol. The molecule has 1 aromatic carbocycles. The van der Waals surface area contributed by atoms with E-state index in [4.69, 9.17) is 0 Å². The van der Waals surface area contributed by atoms with E-state index < -0.39 is 4.92 Å². The maximum Gasteiger partial charge on any atom is 0.269 e. The van der Waals surface area contributed by atoms with Gasteiger partial charge in [0.05, 0.1) is 37.1 Å². The fraction of sp³-hybridized carbons (Fsp3) is 0.611. The number of nitro benzene ring substituents is 1. The summed E-state index contributed by atoms with van der Waals surface area (Å²) in [5, 5.41) is 10.7. The summed E-state index contributed by atoms with van der Waals surface area (Å²) in [5.41, 5.74) is 0.558. The van der Waals surface area contributed by atoms with Gasteiger partial charge in [-0.2, -0.15) is 0 Å². The van der Waals surface area contributed by atoms with Crippen LogP contribution in [0.2, 0.25) is 0 Å². The Kier molecular flexibility index (Phi) is 5.14. The first-order chi connectivity index (χ1) is 11.5. The molecule has 1 saturated heterocycles. The molecule has 1 N–H and O–H groups in total. The van der Waals surface area contributed by atoms with E-state index in [0.717, 1.165) is 38.1 Å². The number of carbonyl (C=O) groups is 1. The van der Waals surface area contributed by atoms with Crippen molar-refractivity contribution in [2.75, 3.05) is 26.2 Å². The van der Waals surface area contributed by atoms with E-state index in [-0.39, 0.29) is 11.6 Å². The number of quaternary nitrogens is 1. The maximum absolute atomic E-state index is 12.6. The molecule has 0 radical (unpaired) electrons. The second-order valence-corrected chi connectivity index (χ2v) is 7.22. The van der Waals surface area contributed by atoms with Crippen molar-refractivity contribution in [2.45, 2.75) is 38.6 Å². The minimum atomic E-state index is -0.443. The Morgan fingerprint density at radius 1 is 1.21 bits per heavy atom. The van der Waals surface area contributed by atoms with Crippen LogP contribution in [0, 0.1) is 16.0 Å². The van der Waals surface area contributed by atoms with Crippen molar-refractivity contribution >= 4 is 11.6 Å². The van der Waals surface area contributed by atoms with Crippen molar-refractivity contribution in [3.05, 3.63) is 39.9 Å². The standard InChI is InChI=1S/C18H25N3O3/c1-14-3-2-4-17(13-14)19-9-11-20(12-10-19)18(22)15-5-7-16(8-6-15)21(23)24/h5-8,14,17H,2-4,9-13H2,1H3/p+1/t14-,17-/m0/s1. The molecule has 1 aliphatic carbocycles. The molecule has 1 saturated carbocycles. The van der Waals surface area contributed by atoms with Gasteiger partial charge in [-0.25, -0.2) is 0 Å². The highest BCUT2D eigenvalue weighted by Crippen LogP contribution is 2.22. The van der Waals surface area contributed by atoms with Gasteiger partial charge in [0.1, 0.15) is 0 Å². The SMILES string of the molecule is C[C@H]1CCC[C@H]([NH+]2CCN(C(=O)c3ccc([N+](=O)[O-])cc3)CC2)C1. The van der Waals surface area contributed by atoms with Crippen LogP contribution < -0.4 is 4.90 Å². The molecule has 24 heavy (non-hydrogen) atoms. The van der Waals surface area contributed by atoms with E-state index in [2.05, 4.69) is 6.92 Å². The number of nitrogens with one attached hydrogen (secondary N) is 1. The monoisotopic (exact) mass is 332 g/mol. The molecule has 0 bridgehead atoms. The zero-order chi connectivity index (χ0) is 17.1. The maximum atomic E-state index is 12.6. The van der Waals surface area contributed by atoms with E-state index in [1.807, 2.05) is 4.90 Å². The van der Waals surface area contributed by atoms with Gasteiger partial charge in [-0.15, -0.1) is 0 Å². The molecule has 2 atom stereocenters. The van der Waals surface area contributed by atoms with Crippen LogP contribution in [-0.2, 0) is 0 Å². The van der Waals surface area contributed by atoms with Gasteiger partial charge in [-0.05, 0) is 30.9 Å². The summed E-state index contributed by atoms with van der Waals surface area (Å²) in [6.45, 7) is 5.91. The fourth-order valence-electron chi connectivity index (χ4n) is 4.12. The summed E-state index contributed by atoms with van der Waals surface area (Å²) < 4.78 is 0. The Balaban J connectivity index is 1.55. The number of benzene rings is 1. The van der Waals surface area contributed by atoms with Crippen molar-refractivity contribution in [1.82, 2.24) is 4.90 Å². The summed E-state index contributed by atoms with van der Waals surface area (Å²) in [4.78, 5) is 26.4. The second kappa shape index (κ2) is 7.30. The van der Waals surface area contributed by atoms with Crippen LogP contribution in [0.4, 0.5) is 5.69 Å². The van der Waals surface area contributed by atoms with Crippen molar-refractivity contribution in [3.63, 3.8) is 0 Å². The number of hydrogen-bond acceptors (Lipinski definition) is 3. The molecule has 6 nitrogen and oxygen atoms in total. The highest BCUT2D eigenvalue weighted by molar-refractivity contribution is 5.94. The number of rotatable bonds is 3. The minimum absolute atomic E-state index is 0.0130. The third kappa shape index (κ3) is 3.75. The first-order valence-electron chi connectivity index (χ1n) is 8.93. The summed E-state index contributed by atoms with van der Waals surface area (Å²) in [7, 11) is 0. The third-order valence-electron chi connectivity index (χ3n) is 5.53. The van der Waals surface area contributed by atoms with Gasteiger partial charge in [0.15, 0.2) is 0 Å². The molecule has 2 fully saturated rings. The van der Waals surface area contributed by atoms with E-state index in [0.29, 0.717) is 5.56 Å². The zero-order valence-electron chi connectivity index (χ0n) is 14.2. The smallest absolute Gasteiger partial charge is 0.269 e. The molecule has 0 aromatic heterocycles. The van der Waals surface area contributed by atoms with Crippen molar-refractivity contribution < 1.29 is 14.6 Å². The molecule has 6 heteroatoms. The van der Waals surface area contributed by atoms with Gasteiger partial charge in [0.25, 0.3) is 11.6 Å². The molecule has 1 amide bonds. The van der Waals surface area contributed by atoms with Gasteiger partial charge in [-0.1, -0.05) is 13.3 Å². The van der Waals surface area contributed by atoms with Gasteiger partial charge in [-0.3, -0.25) is 14.9 Å². The van der Waals surface area contributed by atoms with Crippen LogP contribution >= 0.6 is 0 Å². The molecule has 0 spiro atoms. The van der Waals surface area contributed by atoms with Gasteiger partial charge in [0, 0.05) is 24.1 Å². The molecule has 1 aromatic rings. The minimum Gasteiger partial charge on any atom is -0.330 e. The number of hydrogen-bond donors (Lipinski definition) is 1. The van der Waals surface area contributed by atoms with Gasteiger partial charge < -0.3 is 9.80 Å². The van der Waals surface area contributed by atoms with Crippen LogP contribution in [0.1, 0.15) is 43.0 Å². The van der Waals surface area contributed by atoms with E-state index >= 15 is 0 Å². The van der Waals surface area contributed by atoms with Crippen LogP contribution in [0.5, 0.6) is 0 Å². The summed E-state index contributed by atoms with van der Waals surface area (Å²) in [5.74, 6) is 0.817. The van der Waals surface area contributed by atoms with Crippen LogP contribution in [0.25, 0.3) is 0 Å². The largest absolute Gasteiger partial charge is 0.330 e. The number of non-ortho nitro benzene ring substituents is 1. The summed E-state index contributed by atoms with van der Waals surface area (Å²) in [6, 6.07) is 6.67. The average molecular weight is 332 g/mol. The number of amides is 1. The van der Waals surface area contributed by atoms with Crippen LogP contribution in [-0.4, -0.2) is 48.0 Å². The molecule has 3 rings (SSSR count). The first kappa shape index (κ1) is 16.9. The molecule has 1 heterocycles. The lowest BCUT2D eigenvalue weighted by Crippen LogP contribution is -3.18. The fourth-order valence-corrected chi connectivity index (χ4v) is 4.12. The number of piperazine rings is 1. The lowest BCUT2D eigenvalue weighted by Gasteiger charge is -2.39. The molecule has 2 aliphatic rings. The number of nitrogens with zero attached hydrogens (tertiary/aromatic N) is 2. The Labute approximate surface area is 142 Å². The third-order valence-corrected chi connectivity index (χ3v) is 5.53. The van der Waals surface area contributed by atoms with Crippen molar-refractivity contribution in [3.8, 4) is 0 Å². The number of nitro groups is 1. The van der Waals surface area contributed by atoms with E-state index in [9.17, 15) is 14.9 Å². The topological polar surface area (TPSA) is 67.9 Å². The normalized spacial score (nSPS) is 25.5. The van der Waals surface area contributed by atoms with Gasteiger partial charge in [0.2, 0.25) is 0 Å². The quantitative estimate of drug-likeness (QED) is 0.674. The Hall–Kier alpha value is -1.95. The highest BCUT2D eigenvalue weighted by Gasteiger charge is 2.32. The Morgan fingerprint density at radius 3 is 2.46 bits per heavy atom. The average Bonchev–Trinajstić information content (AvgIpc) is 2.61. The molecule has 1 aliphatic heterocycles. The Bertz CT molecular complexity index is 594. The second-order valence-electron chi connectivity index (χ2n) is 7.22. The molecule has 0 unspecified atom stereocenters. The predicted octanol–water partition coefficient (Wildman–Crippen LogP) is 1.51. The van der Waals surface area contributed by atoms with Crippen molar-refractivity contribution in [1.29, 1.82) is 0 Å². The Morgan fingerprint density at radius 2 is 1.88 bits per heavy atom. The highest BCUT2D eigenvalue weighted by atomic mass is 16.6. The first-order valence-corrected chi connectivity index (χ1v) is 8.93. The summed E-state index contributed by atoms with van der Waals surface area (Å²) in [6.07, 6.45) is 5.32. The van der Waals surface area contributed by atoms with Crippen LogP contribution in [0.3, 0.4) is 0 Å². The van der Waals surface area contributed by atoms with Crippen LogP contribution in [0.15, 0.2) is 24.3 Å². The summed E-state index contributed by atoms with van der Waals surface area (Å²) >= 11 is 0.